The molecule has 0 radical (unpaired) electrons. The van der Waals surface area contributed by atoms with Gasteiger partial charge in [0, 0.05) is 36.4 Å². The molecule has 7 heteroatoms. The molecule has 2 nitrogen and oxygen atoms in total. The smallest absolute Gasteiger partial charge is 0.508 e. The van der Waals surface area contributed by atoms with Crippen molar-refractivity contribution < 1.29 is 54.0 Å². The van der Waals surface area contributed by atoms with E-state index in [-0.39, 0.29) is 26.2 Å². The molecule has 150 valence electrons. The van der Waals surface area contributed by atoms with Crippen LogP contribution in [0.3, 0.4) is 0 Å². The molecule has 2 N–H and O–H groups in total. The van der Waals surface area contributed by atoms with Crippen molar-refractivity contribution in [2.45, 2.75) is 0 Å². The monoisotopic (exact) mass is 480 g/mol. The maximum absolute atomic E-state index is 12.0. The molecule has 0 heterocycles. The van der Waals surface area contributed by atoms with Crippen LogP contribution in [0.4, 0.5) is 17.6 Å². The molecule has 0 aliphatic rings. The molecular weight excluding hydrogens is 463 g/mol. The third kappa shape index (κ3) is 14.1. The van der Waals surface area contributed by atoms with Gasteiger partial charge in [-0.05, 0) is 0 Å². The second kappa shape index (κ2) is 15.3. The summed E-state index contributed by atoms with van der Waals surface area (Å²) in [6.07, 6.45) is 0. The first-order chi connectivity index (χ1) is 13.4. The zero-order chi connectivity index (χ0) is 20.8. The van der Waals surface area contributed by atoms with E-state index in [2.05, 4.69) is 0 Å². The van der Waals surface area contributed by atoms with Gasteiger partial charge < -0.3 is 10.2 Å². The fourth-order valence-electron chi connectivity index (χ4n) is 1.72. The molecule has 0 bridgehead atoms. The summed E-state index contributed by atoms with van der Waals surface area (Å²) in [5.74, 6) is -3.87. The number of rotatable bonds is 0. The van der Waals surface area contributed by atoms with E-state index in [4.69, 9.17) is 10.2 Å². The Balaban J connectivity index is 0.000000369. The molecule has 0 saturated heterocycles. The Hall–Kier alpha value is -2.66. The normalized spacial score (nSPS) is 8.69. The summed E-state index contributed by atoms with van der Waals surface area (Å²) in [6, 6.07) is 24.7. The molecule has 4 rings (SSSR count). The Morgan fingerprint density at radius 2 is 0.724 bits per heavy atom. The number of halogens is 4. The first-order valence-electron chi connectivity index (χ1n) is 8.00. The van der Waals surface area contributed by atoms with Crippen LogP contribution in [0.25, 0.3) is 0 Å². The summed E-state index contributed by atoms with van der Waals surface area (Å²) in [7, 11) is 0. The van der Waals surface area contributed by atoms with Crippen molar-refractivity contribution in [1.29, 1.82) is 0 Å². The first kappa shape index (κ1) is 26.3. The zero-order valence-electron chi connectivity index (χ0n) is 15.1. The summed E-state index contributed by atoms with van der Waals surface area (Å²) < 4.78 is 48.1. The van der Waals surface area contributed by atoms with E-state index in [1.165, 1.54) is 0 Å². The second-order valence-corrected chi connectivity index (χ2v) is 5.18. The fourth-order valence-corrected chi connectivity index (χ4v) is 1.72. The molecule has 0 aliphatic carbocycles. The van der Waals surface area contributed by atoms with Gasteiger partial charge in [-0.2, -0.15) is 36.4 Å². The standard InChI is InChI=1S/2C6H4F2O.2C5H5.Zr/c2*7-4-1-5(8)3-6(9)2-4;2*1-2-4-5-3-1;/h2*1-3,9H;2*1-5H;/q;;2*-1;+2. The van der Waals surface area contributed by atoms with E-state index < -0.39 is 34.8 Å². The number of hydrogen-bond donors (Lipinski definition) is 2. The predicted octanol–water partition coefficient (Wildman–Crippen LogP) is 6.15. The largest absolute Gasteiger partial charge is 2.00 e. The average molecular weight is 482 g/mol. The zero-order valence-corrected chi connectivity index (χ0v) is 17.6. The van der Waals surface area contributed by atoms with Crippen molar-refractivity contribution in [2.24, 2.45) is 0 Å². The Morgan fingerprint density at radius 1 is 0.483 bits per heavy atom. The average Bonchev–Trinajstić information content (AvgIpc) is 3.32. The molecule has 0 unspecified atom stereocenters. The van der Waals surface area contributed by atoms with Gasteiger partial charge in [-0.25, -0.2) is 41.8 Å². The van der Waals surface area contributed by atoms with Crippen LogP contribution in [0.5, 0.6) is 11.5 Å². The van der Waals surface area contributed by atoms with E-state index >= 15 is 0 Å². The summed E-state index contributed by atoms with van der Waals surface area (Å²) >= 11 is 0. The fraction of sp³-hybridized carbons (Fsp3) is 0. The van der Waals surface area contributed by atoms with Gasteiger partial charge in [0.05, 0.1) is 0 Å². The molecular formula is C22H18F4O2Zr. The van der Waals surface area contributed by atoms with Crippen LogP contribution < -0.4 is 0 Å². The maximum atomic E-state index is 12.0. The molecule has 0 aliphatic heterocycles. The van der Waals surface area contributed by atoms with E-state index in [1.807, 2.05) is 60.7 Å². The number of phenols is 2. The van der Waals surface area contributed by atoms with Gasteiger partial charge in [-0.3, -0.25) is 0 Å². The van der Waals surface area contributed by atoms with Crippen LogP contribution in [0.2, 0.25) is 0 Å². The second-order valence-electron chi connectivity index (χ2n) is 5.18. The third-order valence-corrected chi connectivity index (χ3v) is 2.81. The molecule has 4 aromatic carbocycles. The topological polar surface area (TPSA) is 40.5 Å². The van der Waals surface area contributed by atoms with Gasteiger partial charge in [-0.1, -0.05) is 0 Å². The Bertz CT molecular complexity index is 684. The van der Waals surface area contributed by atoms with Crippen molar-refractivity contribution >= 4 is 0 Å². The Labute approximate surface area is 185 Å². The van der Waals surface area contributed by atoms with Crippen LogP contribution in [-0.4, -0.2) is 10.2 Å². The SMILES string of the molecule is Oc1cc(F)cc(F)c1.Oc1cc(F)cc(F)c1.[Zr+2].c1cc[cH-]c1.c1cc[cH-]c1. The molecule has 0 atom stereocenters. The van der Waals surface area contributed by atoms with Gasteiger partial charge >= 0.3 is 26.2 Å². The summed E-state index contributed by atoms with van der Waals surface area (Å²) in [6.45, 7) is 0. The van der Waals surface area contributed by atoms with Crippen molar-refractivity contribution in [3.05, 3.63) is 120 Å². The van der Waals surface area contributed by atoms with Crippen LogP contribution in [0.1, 0.15) is 0 Å². The summed E-state index contributed by atoms with van der Waals surface area (Å²) in [4.78, 5) is 0. The number of hydrogen-bond acceptors (Lipinski definition) is 2. The quantitative estimate of drug-likeness (QED) is 0.234. The Morgan fingerprint density at radius 3 is 0.862 bits per heavy atom. The number of benzene rings is 2. The predicted molar refractivity (Wildman–Crippen MR) is 100 cm³/mol. The summed E-state index contributed by atoms with van der Waals surface area (Å²) in [5, 5.41) is 17.0. The minimum absolute atomic E-state index is 0. The van der Waals surface area contributed by atoms with E-state index in [0.717, 1.165) is 24.3 Å². The molecule has 0 spiro atoms. The minimum Gasteiger partial charge on any atom is -0.508 e. The Kier molecular flexibility index (Phi) is 13.9. The van der Waals surface area contributed by atoms with Crippen LogP contribution >= 0.6 is 0 Å². The molecule has 0 saturated carbocycles. The molecule has 29 heavy (non-hydrogen) atoms. The van der Waals surface area contributed by atoms with Crippen molar-refractivity contribution in [1.82, 2.24) is 0 Å². The van der Waals surface area contributed by atoms with Crippen LogP contribution in [0.15, 0.2) is 97.1 Å². The molecule has 0 fully saturated rings. The molecule has 0 aromatic heterocycles. The van der Waals surface area contributed by atoms with Crippen LogP contribution in [0, 0.1) is 23.3 Å². The van der Waals surface area contributed by atoms with Crippen molar-refractivity contribution in [3.8, 4) is 11.5 Å². The van der Waals surface area contributed by atoms with Crippen molar-refractivity contribution in [3.63, 3.8) is 0 Å². The van der Waals surface area contributed by atoms with Gasteiger partial charge in [0.1, 0.15) is 34.8 Å². The van der Waals surface area contributed by atoms with Crippen LogP contribution in [-0.2, 0) is 26.2 Å². The van der Waals surface area contributed by atoms with E-state index in [1.54, 1.807) is 0 Å². The first-order valence-corrected chi connectivity index (χ1v) is 8.00. The van der Waals surface area contributed by atoms with Crippen molar-refractivity contribution in [2.75, 3.05) is 0 Å². The third-order valence-electron chi connectivity index (χ3n) is 2.81. The van der Waals surface area contributed by atoms with Gasteiger partial charge in [0.15, 0.2) is 0 Å². The van der Waals surface area contributed by atoms with E-state index in [0.29, 0.717) is 12.1 Å². The van der Waals surface area contributed by atoms with Gasteiger partial charge in [-0.15, -0.1) is 0 Å². The minimum atomic E-state index is -0.771. The van der Waals surface area contributed by atoms with Gasteiger partial charge in [0.25, 0.3) is 0 Å². The molecule has 0 amide bonds. The maximum Gasteiger partial charge on any atom is 2.00 e. The summed E-state index contributed by atoms with van der Waals surface area (Å²) in [5.41, 5.74) is 0. The van der Waals surface area contributed by atoms with E-state index in [9.17, 15) is 17.6 Å². The van der Waals surface area contributed by atoms with Gasteiger partial charge in [0.2, 0.25) is 0 Å². The number of phenolic OH excluding ortho intramolecular Hbond substituents is 2. The number of aromatic hydroxyl groups is 2. The molecule has 4 aromatic rings.